The summed E-state index contributed by atoms with van der Waals surface area (Å²) in [7, 11) is -4.41. The second-order valence-electron chi connectivity index (χ2n) is 16.1. The topological polar surface area (TPSA) is 131 Å². The summed E-state index contributed by atoms with van der Waals surface area (Å²) in [5.74, 6) is -0.507. The Morgan fingerprint density at radius 1 is 0.536 bits per heavy atom. The van der Waals surface area contributed by atoms with Gasteiger partial charge in [-0.2, -0.15) is 0 Å². The number of ether oxygens (including phenoxy) is 1. The smallest absolute Gasteiger partial charge is 0.463 e. The van der Waals surface area contributed by atoms with E-state index in [9.17, 15) is 24.2 Å². The summed E-state index contributed by atoms with van der Waals surface area (Å²) in [6.45, 7) is 3.58. The molecule has 0 aliphatic rings. The van der Waals surface area contributed by atoms with Gasteiger partial charge >= 0.3 is 13.8 Å². The lowest BCUT2D eigenvalue weighted by atomic mass is 10.0. The predicted molar refractivity (Wildman–Crippen MR) is 234 cm³/mol. The lowest BCUT2D eigenvalue weighted by Gasteiger charge is -2.15. The monoisotopic (exact) mass is 816 g/mol. The molecule has 332 valence electrons. The van der Waals surface area contributed by atoms with E-state index in [1.54, 1.807) is 0 Å². The van der Waals surface area contributed by atoms with Crippen LogP contribution in [0, 0.1) is 0 Å². The highest BCUT2D eigenvalue weighted by molar-refractivity contribution is 7.47. The van der Waals surface area contributed by atoms with Gasteiger partial charge in [-0.25, -0.2) is 4.57 Å². The SMILES string of the molecule is CCCCCCCC/C=C/CCCCCCCCCCCCCCCC(=O)OCC(O)COP(=O)(O)OCCNC(=O)CCCCCCCCCCCCCC. The van der Waals surface area contributed by atoms with Gasteiger partial charge in [0, 0.05) is 19.4 Å². The molecule has 0 aliphatic heterocycles. The fourth-order valence-electron chi connectivity index (χ4n) is 6.85. The molecule has 10 heteroatoms. The Bertz CT molecular complexity index is 933. The van der Waals surface area contributed by atoms with Crippen LogP contribution >= 0.6 is 7.82 Å². The fraction of sp³-hybridized carbons (Fsp3) is 0.913. The highest BCUT2D eigenvalue weighted by Crippen LogP contribution is 2.42. The van der Waals surface area contributed by atoms with Crippen LogP contribution in [0.25, 0.3) is 0 Å². The highest BCUT2D eigenvalue weighted by Gasteiger charge is 2.23. The van der Waals surface area contributed by atoms with Gasteiger partial charge in [0.1, 0.15) is 12.7 Å². The van der Waals surface area contributed by atoms with Crippen molar-refractivity contribution in [3.8, 4) is 0 Å². The maximum Gasteiger partial charge on any atom is 0.472 e. The van der Waals surface area contributed by atoms with E-state index in [1.165, 1.54) is 173 Å². The maximum atomic E-state index is 12.1. The third-order valence-corrected chi connectivity index (χ3v) is 11.4. The summed E-state index contributed by atoms with van der Waals surface area (Å²) < 4.78 is 26.9. The number of aliphatic hydroxyl groups excluding tert-OH is 1. The number of allylic oxidation sites excluding steroid dienone is 2. The van der Waals surface area contributed by atoms with Crippen LogP contribution in [0.15, 0.2) is 12.2 Å². The summed E-state index contributed by atoms with van der Waals surface area (Å²) in [5, 5.41) is 12.7. The van der Waals surface area contributed by atoms with Crippen molar-refractivity contribution in [3.05, 3.63) is 12.2 Å². The molecule has 56 heavy (non-hydrogen) atoms. The molecule has 0 saturated heterocycles. The molecule has 0 aromatic rings. The Morgan fingerprint density at radius 2 is 0.911 bits per heavy atom. The van der Waals surface area contributed by atoms with Crippen molar-refractivity contribution in [1.82, 2.24) is 5.32 Å². The van der Waals surface area contributed by atoms with Crippen LogP contribution in [0.3, 0.4) is 0 Å². The van der Waals surface area contributed by atoms with E-state index in [-0.39, 0.29) is 32.1 Å². The number of carbonyl (C=O) groups excluding carboxylic acids is 2. The van der Waals surface area contributed by atoms with Gasteiger partial charge in [0.15, 0.2) is 0 Å². The standard InChI is InChI=1S/C46H90NO8P/c1-3-5-7-9-11-13-15-17-18-19-20-21-22-23-24-25-26-27-29-31-33-35-37-39-46(50)53-42-44(48)43-55-56(51,52)54-41-40-47-45(49)38-36-34-32-30-28-16-14-12-10-8-6-4-2/h17-18,44,48H,3-16,19-43H2,1-2H3,(H,47,49)(H,51,52)/b18-17+. The van der Waals surface area contributed by atoms with Crippen molar-refractivity contribution < 1.29 is 37.9 Å². The average molecular weight is 816 g/mol. The average Bonchev–Trinajstić information content (AvgIpc) is 3.18. The van der Waals surface area contributed by atoms with Gasteiger partial charge in [-0.1, -0.05) is 199 Å². The minimum atomic E-state index is -4.41. The summed E-state index contributed by atoms with van der Waals surface area (Å²) >= 11 is 0. The Labute approximate surface area is 345 Å². The lowest BCUT2D eigenvalue weighted by molar-refractivity contribution is -0.147. The van der Waals surface area contributed by atoms with Crippen LogP contribution in [-0.2, 0) is 27.9 Å². The first kappa shape index (κ1) is 54.8. The van der Waals surface area contributed by atoms with Crippen LogP contribution in [0.5, 0.6) is 0 Å². The first-order valence-electron chi connectivity index (χ1n) is 23.7. The molecule has 0 heterocycles. The van der Waals surface area contributed by atoms with Crippen molar-refractivity contribution in [3.63, 3.8) is 0 Å². The predicted octanol–water partition coefficient (Wildman–Crippen LogP) is 13.4. The molecule has 3 N–H and O–H groups in total. The zero-order valence-electron chi connectivity index (χ0n) is 36.6. The Morgan fingerprint density at radius 3 is 1.34 bits per heavy atom. The van der Waals surface area contributed by atoms with Gasteiger partial charge in [0.05, 0.1) is 13.2 Å². The minimum absolute atomic E-state index is 0.0866. The Hall–Kier alpha value is -1.25. The third kappa shape index (κ3) is 43.9. The van der Waals surface area contributed by atoms with Crippen LogP contribution in [0.4, 0.5) is 0 Å². The molecule has 0 spiro atoms. The van der Waals surface area contributed by atoms with Gasteiger partial charge in [0.2, 0.25) is 5.91 Å². The van der Waals surface area contributed by atoms with Crippen LogP contribution in [0.1, 0.15) is 239 Å². The Balaban J connectivity index is 3.52. The quantitative estimate of drug-likeness (QED) is 0.0240. The summed E-state index contributed by atoms with van der Waals surface area (Å²) in [4.78, 5) is 33.9. The molecule has 0 radical (unpaired) electrons. The lowest BCUT2D eigenvalue weighted by Crippen LogP contribution is -2.27. The van der Waals surface area contributed by atoms with E-state index in [0.717, 1.165) is 38.5 Å². The molecule has 0 aromatic heterocycles. The van der Waals surface area contributed by atoms with Crippen LogP contribution in [0.2, 0.25) is 0 Å². The Kier molecular flexibility index (Phi) is 42.4. The van der Waals surface area contributed by atoms with Gasteiger partial charge < -0.3 is 20.1 Å². The molecule has 0 bridgehead atoms. The molecule has 9 nitrogen and oxygen atoms in total. The minimum Gasteiger partial charge on any atom is -0.463 e. The van der Waals surface area contributed by atoms with Crippen molar-refractivity contribution in [2.24, 2.45) is 0 Å². The van der Waals surface area contributed by atoms with Crippen LogP contribution in [-0.4, -0.2) is 54.3 Å². The number of hydrogen-bond donors (Lipinski definition) is 3. The number of aliphatic hydroxyl groups is 1. The molecule has 0 aromatic carbocycles. The largest absolute Gasteiger partial charge is 0.472 e. The second kappa shape index (κ2) is 43.3. The van der Waals surface area contributed by atoms with Crippen LogP contribution < -0.4 is 5.32 Å². The maximum absolute atomic E-state index is 12.1. The van der Waals surface area contributed by atoms with E-state index in [4.69, 9.17) is 13.8 Å². The number of carbonyl (C=O) groups is 2. The number of hydrogen-bond acceptors (Lipinski definition) is 7. The first-order chi connectivity index (χ1) is 27.3. The molecule has 0 saturated carbocycles. The number of unbranched alkanes of at least 4 members (excludes halogenated alkanes) is 30. The third-order valence-electron chi connectivity index (χ3n) is 10.4. The van der Waals surface area contributed by atoms with E-state index in [0.29, 0.717) is 6.42 Å². The van der Waals surface area contributed by atoms with Crippen molar-refractivity contribution >= 4 is 19.7 Å². The number of nitrogens with one attached hydrogen (secondary N) is 1. The molecule has 2 unspecified atom stereocenters. The molecular weight excluding hydrogens is 725 g/mol. The van der Waals surface area contributed by atoms with Crippen molar-refractivity contribution in [2.45, 2.75) is 245 Å². The fourth-order valence-corrected chi connectivity index (χ4v) is 7.60. The summed E-state index contributed by atoms with van der Waals surface area (Å²) in [6, 6.07) is 0. The van der Waals surface area contributed by atoms with Gasteiger partial charge in [-0.15, -0.1) is 0 Å². The van der Waals surface area contributed by atoms with E-state index in [2.05, 4.69) is 31.3 Å². The number of rotatable bonds is 45. The molecule has 0 rings (SSSR count). The zero-order chi connectivity index (χ0) is 41.1. The van der Waals surface area contributed by atoms with Crippen molar-refractivity contribution in [1.29, 1.82) is 0 Å². The van der Waals surface area contributed by atoms with E-state index in [1.807, 2.05) is 0 Å². The number of phosphoric acid groups is 1. The van der Waals surface area contributed by atoms with E-state index < -0.39 is 26.5 Å². The number of amides is 1. The molecule has 0 fully saturated rings. The molecule has 1 amide bonds. The highest BCUT2D eigenvalue weighted by atomic mass is 31.2. The molecule has 2 atom stereocenters. The zero-order valence-corrected chi connectivity index (χ0v) is 37.5. The van der Waals surface area contributed by atoms with Crippen molar-refractivity contribution in [2.75, 3.05) is 26.4 Å². The van der Waals surface area contributed by atoms with Gasteiger partial charge in [0.25, 0.3) is 0 Å². The molecular formula is C46H90NO8P. The van der Waals surface area contributed by atoms with E-state index >= 15 is 0 Å². The number of esters is 1. The van der Waals surface area contributed by atoms with Gasteiger partial charge in [-0.3, -0.25) is 18.6 Å². The second-order valence-corrected chi connectivity index (χ2v) is 17.5. The number of phosphoric ester groups is 1. The summed E-state index contributed by atoms with van der Waals surface area (Å²) in [5.41, 5.74) is 0. The first-order valence-corrected chi connectivity index (χ1v) is 25.2. The summed E-state index contributed by atoms with van der Waals surface area (Å²) in [6.07, 6.45) is 45.8. The van der Waals surface area contributed by atoms with Gasteiger partial charge in [-0.05, 0) is 38.5 Å². The molecule has 0 aliphatic carbocycles. The normalized spacial score (nSPS) is 13.3.